The van der Waals surface area contributed by atoms with Gasteiger partial charge in [0.1, 0.15) is 6.10 Å². The number of ether oxygens (including phenoxy) is 4. The van der Waals surface area contributed by atoms with Gasteiger partial charge in [0, 0.05) is 5.92 Å². The molecule has 0 bridgehead atoms. The first-order valence-electron chi connectivity index (χ1n) is 9.03. The molecule has 128 valence electrons. The molecule has 7 atom stereocenters. The number of epoxide rings is 3. The van der Waals surface area contributed by atoms with Crippen LogP contribution in [-0.2, 0) is 23.7 Å². The van der Waals surface area contributed by atoms with Crippen LogP contribution in [0, 0.1) is 11.8 Å². The van der Waals surface area contributed by atoms with Gasteiger partial charge in [0.25, 0.3) is 0 Å². The van der Waals surface area contributed by atoms with E-state index >= 15 is 0 Å². The third kappa shape index (κ3) is 2.19. The molecular weight excluding hydrogens is 296 g/mol. The van der Waals surface area contributed by atoms with Crippen molar-refractivity contribution < 1.29 is 23.7 Å². The highest BCUT2D eigenvalue weighted by molar-refractivity contribution is 5.77. The second-order valence-corrected chi connectivity index (χ2v) is 8.93. The summed E-state index contributed by atoms with van der Waals surface area (Å²) in [5.41, 5.74) is 0.0602. The van der Waals surface area contributed by atoms with Crippen LogP contribution in [0.15, 0.2) is 0 Å². The molecule has 0 amide bonds. The van der Waals surface area contributed by atoms with Crippen molar-refractivity contribution in [3.63, 3.8) is 0 Å². The molecule has 4 aliphatic heterocycles. The molecule has 4 saturated heterocycles. The minimum atomic E-state index is -0.0427. The molecule has 4 heterocycles. The average Bonchev–Trinajstić information content (AvgIpc) is 3.39. The van der Waals surface area contributed by atoms with Crippen LogP contribution < -0.4 is 0 Å². The van der Waals surface area contributed by atoms with E-state index in [1.807, 2.05) is 0 Å². The Balaban J connectivity index is 1.10. The van der Waals surface area contributed by atoms with Crippen molar-refractivity contribution in [2.75, 3.05) is 6.61 Å². The summed E-state index contributed by atoms with van der Waals surface area (Å²) in [6.07, 6.45) is 6.06. The van der Waals surface area contributed by atoms with Crippen molar-refractivity contribution in [1.29, 1.82) is 0 Å². The van der Waals surface area contributed by atoms with Gasteiger partial charge in [-0.3, -0.25) is 4.79 Å². The van der Waals surface area contributed by atoms with Gasteiger partial charge in [0.2, 0.25) is 0 Å². The first kappa shape index (κ1) is 14.7. The molecule has 0 aromatic carbocycles. The number of carbonyl (C=O) groups is 1. The van der Waals surface area contributed by atoms with E-state index in [1.165, 1.54) is 0 Å². The van der Waals surface area contributed by atoms with Crippen molar-refractivity contribution in [1.82, 2.24) is 0 Å². The fraction of sp³-hybridized carbons (Fsp3) is 0.944. The summed E-state index contributed by atoms with van der Waals surface area (Å²) in [5.74, 6) is 0.358. The largest absolute Gasteiger partial charge is 0.465 e. The molecule has 1 aliphatic carbocycles. The van der Waals surface area contributed by atoms with Crippen molar-refractivity contribution in [3.8, 4) is 0 Å². The Labute approximate surface area is 137 Å². The lowest BCUT2D eigenvalue weighted by Crippen LogP contribution is -2.18. The SMILES string of the molecule is CC1(C)OC1CCC1(C)OC1CCC12CC3COC(=O)C3C1O2. The Bertz CT molecular complexity index is 560. The molecule has 5 fully saturated rings. The van der Waals surface area contributed by atoms with Crippen LogP contribution in [0.5, 0.6) is 0 Å². The minimum Gasteiger partial charge on any atom is -0.465 e. The standard InChI is InChI=1S/C18H26O5/c1-16(2)11(21-16)4-6-17(3)12(22-17)5-7-18-8-10-9-20-15(19)13(10)14(18)23-18/h10-14H,4-9H2,1-3H3. The number of cyclic esters (lactones) is 1. The predicted molar refractivity (Wildman–Crippen MR) is 80.9 cm³/mol. The van der Waals surface area contributed by atoms with Crippen LogP contribution in [0.1, 0.15) is 52.9 Å². The molecule has 5 rings (SSSR count). The Morgan fingerprint density at radius 3 is 2.48 bits per heavy atom. The van der Waals surface area contributed by atoms with Gasteiger partial charge in [0.15, 0.2) is 0 Å². The maximum absolute atomic E-state index is 11.8. The summed E-state index contributed by atoms with van der Waals surface area (Å²) in [6.45, 7) is 7.12. The molecule has 5 aliphatic rings. The second kappa shape index (κ2) is 4.30. The van der Waals surface area contributed by atoms with E-state index in [9.17, 15) is 4.79 Å². The molecule has 5 heteroatoms. The van der Waals surface area contributed by atoms with Gasteiger partial charge in [-0.25, -0.2) is 0 Å². The van der Waals surface area contributed by atoms with E-state index in [4.69, 9.17) is 18.9 Å². The predicted octanol–water partition coefficient (Wildman–Crippen LogP) is 2.21. The summed E-state index contributed by atoms with van der Waals surface area (Å²) in [5, 5.41) is 0. The minimum absolute atomic E-state index is 0.00996. The van der Waals surface area contributed by atoms with E-state index in [0.29, 0.717) is 24.7 Å². The lowest BCUT2D eigenvalue weighted by Gasteiger charge is -2.11. The van der Waals surface area contributed by atoms with Crippen LogP contribution >= 0.6 is 0 Å². The highest BCUT2D eigenvalue weighted by Gasteiger charge is 2.71. The Hall–Kier alpha value is -0.650. The Kier molecular flexibility index (Phi) is 2.74. The maximum Gasteiger partial charge on any atom is 0.312 e. The van der Waals surface area contributed by atoms with Crippen molar-refractivity contribution in [2.24, 2.45) is 11.8 Å². The molecular formula is C18H26O5. The van der Waals surface area contributed by atoms with E-state index in [2.05, 4.69) is 20.8 Å². The van der Waals surface area contributed by atoms with E-state index in [-0.39, 0.29) is 34.8 Å². The van der Waals surface area contributed by atoms with E-state index in [1.54, 1.807) is 0 Å². The quantitative estimate of drug-likeness (QED) is 0.554. The highest BCUT2D eigenvalue weighted by Crippen LogP contribution is 2.61. The lowest BCUT2D eigenvalue weighted by atomic mass is 9.91. The summed E-state index contributed by atoms with van der Waals surface area (Å²) >= 11 is 0. The monoisotopic (exact) mass is 322 g/mol. The molecule has 1 saturated carbocycles. The molecule has 0 aromatic rings. The number of esters is 1. The zero-order chi connectivity index (χ0) is 16.0. The van der Waals surface area contributed by atoms with Crippen molar-refractivity contribution in [2.45, 2.75) is 88.0 Å². The zero-order valence-electron chi connectivity index (χ0n) is 14.2. The fourth-order valence-electron chi connectivity index (χ4n) is 5.08. The molecule has 0 aromatic heterocycles. The summed E-state index contributed by atoms with van der Waals surface area (Å²) in [4.78, 5) is 11.8. The maximum atomic E-state index is 11.8. The third-order valence-electron chi connectivity index (χ3n) is 6.91. The molecule has 7 unspecified atom stereocenters. The average molecular weight is 322 g/mol. The van der Waals surface area contributed by atoms with Crippen molar-refractivity contribution in [3.05, 3.63) is 0 Å². The smallest absolute Gasteiger partial charge is 0.312 e. The van der Waals surface area contributed by atoms with Gasteiger partial charge in [-0.05, 0) is 52.9 Å². The fourth-order valence-corrected chi connectivity index (χ4v) is 5.08. The first-order valence-corrected chi connectivity index (χ1v) is 9.03. The van der Waals surface area contributed by atoms with E-state index in [0.717, 1.165) is 32.1 Å². The van der Waals surface area contributed by atoms with Gasteiger partial charge in [0.05, 0.1) is 41.5 Å². The molecule has 0 N–H and O–H groups in total. The van der Waals surface area contributed by atoms with Gasteiger partial charge in [-0.2, -0.15) is 0 Å². The van der Waals surface area contributed by atoms with Crippen LogP contribution in [0.3, 0.4) is 0 Å². The first-order chi connectivity index (χ1) is 10.8. The van der Waals surface area contributed by atoms with E-state index < -0.39 is 0 Å². The summed E-state index contributed by atoms with van der Waals surface area (Å²) in [6, 6.07) is 0. The highest BCUT2D eigenvalue weighted by atomic mass is 16.6. The molecule has 23 heavy (non-hydrogen) atoms. The second-order valence-electron chi connectivity index (χ2n) is 8.93. The molecule has 5 nitrogen and oxygen atoms in total. The van der Waals surface area contributed by atoms with Crippen LogP contribution in [0.4, 0.5) is 0 Å². The lowest BCUT2D eigenvalue weighted by molar-refractivity contribution is -0.141. The topological polar surface area (TPSA) is 63.9 Å². The molecule has 0 spiro atoms. The summed E-state index contributed by atoms with van der Waals surface area (Å²) < 4.78 is 22.7. The normalized spacial score (nSPS) is 54.4. The summed E-state index contributed by atoms with van der Waals surface area (Å²) in [7, 11) is 0. The van der Waals surface area contributed by atoms with Crippen LogP contribution in [-0.4, -0.2) is 47.7 Å². The Morgan fingerprint density at radius 1 is 1.04 bits per heavy atom. The van der Waals surface area contributed by atoms with Gasteiger partial charge in [-0.15, -0.1) is 0 Å². The number of carbonyl (C=O) groups excluding carboxylic acids is 1. The van der Waals surface area contributed by atoms with Gasteiger partial charge in [-0.1, -0.05) is 0 Å². The number of fused-ring (bicyclic) bond motifs is 3. The Morgan fingerprint density at radius 2 is 1.78 bits per heavy atom. The van der Waals surface area contributed by atoms with Crippen molar-refractivity contribution >= 4 is 5.97 Å². The molecule has 0 radical (unpaired) electrons. The van der Waals surface area contributed by atoms with Crippen LogP contribution in [0.25, 0.3) is 0 Å². The number of rotatable bonds is 6. The number of hydrogen-bond acceptors (Lipinski definition) is 5. The van der Waals surface area contributed by atoms with Crippen LogP contribution in [0.2, 0.25) is 0 Å². The van der Waals surface area contributed by atoms with Gasteiger partial charge < -0.3 is 18.9 Å². The third-order valence-corrected chi connectivity index (χ3v) is 6.91. The number of hydrogen-bond donors (Lipinski definition) is 0. The zero-order valence-corrected chi connectivity index (χ0v) is 14.2. The van der Waals surface area contributed by atoms with Gasteiger partial charge >= 0.3 is 5.97 Å².